The number of ether oxygens (including phenoxy) is 7. The monoisotopic (exact) mass is 867 g/mol. The van der Waals surface area contributed by atoms with Gasteiger partial charge in [0.05, 0.1) is 26.4 Å². The third kappa shape index (κ3) is 35.6. The Morgan fingerprint density at radius 1 is 0.279 bits per heavy atom. The van der Waals surface area contributed by atoms with Crippen molar-refractivity contribution < 1.29 is 33.2 Å². The molecule has 2 atom stereocenters. The topological polar surface area (TPSA) is 64.6 Å². The van der Waals surface area contributed by atoms with Gasteiger partial charge in [-0.2, -0.15) is 0 Å². The molecule has 0 aliphatic heterocycles. The molecule has 0 aromatic carbocycles. The minimum absolute atomic E-state index is 0.599. The van der Waals surface area contributed by atoms with Crippen LogP contribution in [0.25, 0.3) is 0 Å². The van der Waals surface area contributed by atoms with Gasteiger partial charge < -0.3 is 33.2 Å². The van der Waals surface area contributed by atoms with Gasteiger partial charge in [-0.1, -0.05) is 221 Å². The van der Waals surface area contributed by atoms with E-state index in [1.165, 1.54) is 167 Å². The molecule has 7 nitrogen and oxygen atoms in total. The molecule has 0 amide bonds. The first-order valence-electron chi connectivity index (χ1n) is 26.8. The molecular formula is C54H106O7. The van der Waals surface area contributed by atoms with Crippen LogP contribution in [0.1, 0.15) is 273 Å². The van der Waals surface area contributed by atoms with Crippen LogP contribution in [0.2, 0.25) is 0 Å². The van der Waals surface area contributed by atoms with E-state index in [1.807, 2.05) is 0 Å². The number of rotatable bonds is 50. The molecule has 0 radical (unpaired) electrons. The smallest absolute Gasteiger partial charge is 0.222 e. The molecule has 0 aromatic heterocycles. The fourth-order valence-corrected chi connectivity index (χ4v) is 7.72. The second kappa shape index (κ2) is 48.0. The average Bonchev–Trinajstić information content (AvgIpc) is 3.27. The lowest BCUT2D eigenvalue weighted by atomic mass is 10.1. The van der Waals surface area contributed by atoms with Crippen molar-refractivity contribution in [3.8, 4) is 0 Å². The molecule has 0 fully saturated rings. The number of methoxy groups -OCH3 is 2. The van der Waals surface area contributed by atoms with Crippen LogP contribution in [0.3, 0.4) is 0 Å². The molecular weight excluding hydrogens is 761 g/mol. The summed E-state index contributed by atoms with van der Waals surface area (Å²) in [6.45, 7) is 16.2. The molecule has 364 valence electrons. The second-order valence-corrected chi connectivity index (χ2v) is 17.6. The summed E-state index contributed by atoms with van der Waals surface area (Å²) in [4.78, 5) is 0. The fraction of sp³-hybridized carbons (Fsp3) is 0.926. The minimum Gasteiger partial charge on any atom is -0.494 e. The van der Waals surface area contributed by atoms with Crippen molar-refractivity contribution in [1.82, 2.24) is 0 Å². The highest BCUT2D eigenvalue weighted by molar-refractivity contribution is 5.09. The highest BCUT2D eigenvalue weighted by Gasteiger charge is 2.31. The van der Waals surface area contributed by atoms with Crippen LogP contribution in [-0.4, -0.2) is 53.2 Å². The number of hydrogen-bond acceptors (Lipinski definition) is 7. The molecule has 61 heavy (non-hydrogen) atoms. The first-order valence-corrected chi connectivity index (χ1v) is 26.8. The van der Waals surface area contributed by atoms with E-state index < -0.39 is 12.6 Å². The average molecular weight is 867 g/mol. The molecule has 0 N–H and O–H groups in total. The van der Waals surface area contributed by atoms with Gasteiger partial charge in [0.15, 0.2) is 11.5 Å². The van der Waals surface area contributed by atoms with Crippen LogP contribution in [0.4, 0.5) is 0 Å². The molecule has 0 aliphatic rings. The number of allylic oxidation sites excluding steroid dienone is 2. The standard InChI is InChI=1S/C54H106O7/c1-9-15-21-27-29-31-37-43-49(57-45-39-33-23-17-11-3)51(59-47-41-35-25-19-13-5)53(55-7)61-54(56-8)52(60-48-42-36-26-20-14-6)50(58-46-40-34-24-18-12-4)44-38-32-30-28-22-16-10-2/h53-54H,9-48H2,1-8H3. The van der Waals surface area contributed by atoms with E-state index >= 15 is 0 Å². The zero-order valence-electron chi connectivity index (χ0n) is 42.3. The van der Waals surface area contributed by atoms with E-state index in [9.17, 15) is 0 Å². The van der Waals surface area contributed by atoms with Gasteiger partial charge in [0.25, 0.3) is 0 Å². The Morgan fingerprint density at radius 3 is 0.770 bits per heavy atom. The largest absolute Gasteiger partial charge is 0.494 e. The van der Waals surface area contributed by atoms with Crippen molar-refractivity contribution in [3.63, 3.8) is 0 Å². The summed E-state index contributed by atoms with van der Waals surface area (Å²) >= 11 is 0. The molecule has 0 bridgehead atoms. The van der Waals surface area contributed by atoms with Gasteiger partial charge in [-0.25, -0.2) is 0 Å². The van der Waals surface area contributed by atoms with E-state index in [4.69, 9.17) is 33.2 Å². The Kier molecular flexibility index (Phi) is 46.9. The summed E-state index contributed by atoms with van der Waals surface area (Å²) in [5.41, 5.74) is 0. The van der Waals surface area contributed by atoms with Gasteiger partial charge in [0.1, 0.15) is 11.5 Å². The maximum absolute atomic E-state index is 6.92. The first kappa shape index (κ1) is 59.6. The highest BCUT2D eigenvalue weighted by Crippen LogP contribution is 2.29. The quantitative estimate of drug-likeness (QED) is 0.0343. The fourth-order valence-electron chi connectivity index (χ4n) is 7.72. The van der Waals surface area contributed by atoms with Crippen LogP contribution in [0.5, 0.6) is 0 Å². The Labute approximate surface area is 380 Å². The number of hydrogen-bond donors (Lipinski definition) is 0. The zero-order valence-corrected chi connectivity index (χ0v) is 42.3. The lowest BCUT2D eigenvalue weighted by Gasteiger charge is -2.29. The van der Waals surface area contributed by atoms with Crippen LogP contribution in [0.15, 0.2) is 23.0 Å². The minimum atomic E-state index is -0.822. The van der Waals surface area contributed by atoms with Gasteiger partial charge in [0.2, 0.25) is 12.6 Å². The molecule has 0 heterocycles. The van der Waals surface area contributed by atoms with Gasteiger partial charge >= 0.3 is 0 Å². The molecule has 7 heteroatoms. The van der Waals surface area contributed by atoms with Crippen LogP contribution in [-0.2, 0) is 33.2 Å². The van der Waals surface area contributed by atoms with Gasteiger partial charge in [-0.05, 0) is 38.5 Å². The van der Waals surface area contributed by atoms with Crippen LogP contribution < -0.4 is 0 Å². The normalized spacial score (nSPS) is 13.5. The zero-order chi connectivity index (χ0) is 44.7. The van der Waals surface area contributed by atoms with Gasteiger partial charge in [0, 0.05) is 27.1 Å². The molecule has 0 spiro atoms. The lowest BCUT2D eigenvalue weighted by Crippen LogP contribution is -2.32. The van der Waals surface area contributed by atoms with Crippen molar-refractivity contribution in [2.45, 2.75) is 285 Å². The summed E-state index contributed by atoms with van der Waals surface area (Å²) in [5, 5.41) is 0. The number of unbranched alkanes of at least 4 members (excludes halogenated alkanes) is 28. The predicted octanol–water partition coefficient (Wildman–Crippen LogP) is 17.6. The second-order valence-electron chi connectivity index (χ2n) is 17.6. The predicted molar refractivity (Wildman–Crippen MR) is 261 cm³/mol. The van der Waals surface area contributed by atoms with Crippen molar-refractivity contribution in [2.75, 3.05) is 40.6 Å². The highest BCUT2D eigenvalue weighted by atomic mass is 16.8. The van der Waals surface area contributed by atoms with Crippen molar-refractivity contribution in [1.29, 1.82) is 0 Å². The Morgan fingerprint density at radius 2 is 0.508 bits per heavy atom. The Hall–Kier alpha value is -1.44. The maximum atomic E-state index is 6.92. The van der Waals surface area contributed by atoms with Crippen LogP contribution >= 0.6 is 0 Å². The molecule has 2 unspecified atom stereocenters. The SMILES string of the molecule is CCCCCCCCCC(OCCCCCCC)=C(OCCCCCCC)C(OC)OC(OC)C(OCCCCCCC)=C(CCCCCCCCC)OCCCCCCC. The molecule has 0 saturated carbocycles. The van der Waals surface area contributed by atoms with E-state index in [1.54, 1.807) is 14.2 Å². The van der Waals surface area contributed by atoms with Gasteiger partial charge in [-0.15, -0.1) is 0 Å². The van der Waals surface area contributed by atoms with E-state index in [0.29, 0.717) is 37.9 Å². The lowest BCUT2D eigenvalue weighted by molar-refractivity contribution is -0.227. The van der Waals surface area contributed by atoms with Crippen molar-refractivity contribution >= 4 is 0 Å². The summed E-state index contributed by atoms with van der Waals surface area (Å²) in [7, 11) is 3.42. The molecule has 0 aliphatic carbocycles. The van der Waals surface area contributed by atoms with Crippen molar-refractivity contribution in [3.05, 3.63) is 23.0 Å². The molecule has 0 aromatic rings. The summed E-state index contributed by atoms with van der Waals surface area (Å²) in [6.07, 6.45) is 40.8. The summed E-state index contributed by atoms with van der Waals surface area (Å²) in [6, 6.07) is 0. The third-order valence-corrected chi connectivity index (χ3v) is 11.7. The molecule has 0 saturated heterocycles. The van der Waals surface area contributed by atoms with E-state index in [2.05, 4.69) is 41.5 Å². The Balaban J connectivity index is 6.82. The third-order valence-electron chi connectivity index (χ3n) is 11.7. The summed E-state index contributed by atoms with van der Waals surface area (Å²) < 4.78 is 46.4. The first-order chi connectivity index (χ1) is 30.1. The van der Waals surface area contributed by atoms with E-state index in [0.717, 1.165) is 75.7 Å². The maximum Gasteiger partial charge on any atom is 0.222 e. The summed E-state index contributed by atoms with van der Waals surface area (Å²) in [5.74, 6) is 3.05. The van der Waals surface area contributed by atoms with Crippen molar-refractivity contribution in [2.24, 2.45) is 0 Å². The molecule has 0 rings (SSSR count). The van der Waals surface area contributed by atoms with E-state index in [-0.39, 0.29) is 0 Å². The Bertz CT molecular complexity index is 876. The van der Waals surface area contributed by atoms with Gasteiger partial charge in [-0.3, -0.25) is 0 Å². The van der Waals surface area contributed by atoms with Crippen LogP contribution in [0, 0.1) is 0 Å².